The van der Waals surface area contributed by atoms with Crippen LogP contribution < -0.4 is 15.5 Å². The Morgan fingerprint density at radius 1 is 1.31 bits per heavy atom. The second kappa shape index (κ2) is 8.22. The van der Waals surface area contributed by atoms with E-state index in [1.807, 2.05) is 30.6 Å². The highest BCUT2D eigenvalue weighted by molar-refractivity contribution is 6.01. The van der Waals surface area contributed by atoms with Crippen LogP contribution in [-0.2, 0) is 11.2 Å². The highest BCUT2D eigenvalue weighted by atomic mass is 16.1. The Kier molecular flexibility index (Phi) is 5.33. The minimum atomic E-state index is -0.241. The number of carbonyl (C=O) groups excluding carboxylic acids is 1. The van der Waals surface area contributed by atoms with Crippen LogP contribution in [-0.4, -0.2) is 45.2 Å². The third kappa shape index (κ3) is 4.16. The van der Waals surface area contributed by atoms with Crippen LogP contribution in [0.3, 0.4) is 0 Å². The fourth-order valence-corrected chi connectivity index (χ4v) is 3.44. The van der Waals surface area contributed by atoms with Crippen molar-refractivity contribution >= 4 is 34.1 Å². The van der Waals surface area contributed by atoms with Gasteiger partial charge in [-0.25, -0.2) is 9.97 Å². The molecule has 1 fully saturated rings. The molecule has 3 aromatic rings. The van der Waals surface area contributed by atoms with Gasteiger partial charge in [-0.3, -0.25) is 4.79 Å². The third-order valence-electron chi connectivity index (χ3n) is 5.03. The van der Waals surface area contributed by atoms with Crippen LogP contribution in [0.15, 0.2) is 49.4 Å². The first-order chi connectivity index (χ1) is 14.2. The number of anilines is 3. The van der Waals surface area contributed by atoms with Gasteiger partial charge >= 0.3 is 0 Å². The van der Waals surface area contributed by atoms with Crippen LogP contribution in [0.5, 0.6) is 0 Å². The smallest absolute Gasteiger partial charge is 0.247 e. The van der Waals surface area contributed by atoms with Crippen LogP contribution in [0.25, 0.3) is 10.8 Å². The lowest BCUT2D eigenvalue weighted by molar-refractivity contribution is -0.111. The summed E-state index contributed by atoms with van der Waals surface area (Å²) in [6, 6.07) is 5.96. The van der Waals surface area contributed by atoms with Crippen molar-refractivity contribution in [2.75, 3.05) is 28.6 Å². The number of nitrogens with zero attached hydrogens (tertiary/aromatic N) is 5. The fourth-order valence-electron chi connectivity index (χ4n) is 3.44. The Bertz CT molecular complexity index is 1030. The van der Waals surface area contributed by atoms with E-state index in [0.717, 1.165) is 48.1 Å². The lowest BCUT2D eigenvalue weighted by Crippen LogP contribution is -2.27. The summed E-state index contributed by atoms with van der Waals surface area (Å²) < 4.78 is 0. The SMILES string of the molecule is C=CC(=O)Nc1ccc2c(N3CC[C@@H](Nc4ncc(CC)cn4)C3)nncc2c1. The molecule has 2 N–H and O–H groups in total. The average molecular weight is 389 g/mol. The summed E-state index contributed by atoms with van der Waals surface area (Å²) in [5, 5.41) is 16.6. The van der Waals surface area contributed by atoms with Gasteiger partial charge in [0.15, 0.2) is 5.82 Å². The van der Waals surface area contributed by atoms with Crippen LogP contribution >= 0.6 is 0 Å². The van der Waals surface area contributed by atoms with E-state index in [-0.39, 0.29) is 11.9 Å². The average Bonchev–Trinajstić information content (AvgIpc) is 3.22. The zero-order valence-corrected chi connectivity index (χ0v) is 16.3. The van der Waals surface area contributed by atoms with E-state index in [1.165, 1.54) is 6.08 Å². The Morgan fingerprint density at radius 2 is 2.14 bits per heavy atom. The van der Waals surface area contributed by atoms with Gasteiger partial charge in [-0.2, -0.15) is 5.10 Å². The summed E-state index contributed by atoms with van der Waals surface area (Å²) in [5.41, 5.74) is 1.83. The van der Waals surface area contributed by atoms with E-state index in [9.17, 15) is 4.79 Å². The molecule has 3 heterocycles. The molecule has 4 rings (SSSR count). The molecule has 1 aliphatic heterocycles. The highest BCUT2D eigenvalue weighted by Crippen LogP contribution is 2.29. The second-order valence-corrected chi connectivity index (χ2v) is 7.01. The van der Waals surface area contributed by atoms with E-state index in [4.69, 9.17) is 0 Å². The molecule has 2 aromatic heterocycles. The second-order valence-electron chi connectivity index (χ2n) is 7.01. The monoisotopic (exact) mass is 389 g/mol. The first-order valence-electron chi connectivity index (χ1n) is 9.67. The van der Waals surface area contributed by atoms with E-state index in [1.54, 1.807) is 6.20 Å². The summed E-state index contributed by atoms with van der Waals surface area (Å²) in [6.07, 6.45) is 8.57. The first-order valence-corrected chi connectivity index (χ1v) is 9.67. The molecule has 8 nitrogen and oxygen atoms in total. The number of amides is 1. The van der Waals surface area contributed by atoms with Gasteiger partial charge in [0.1, 0.15) is 0 Å². The van der Waals surface area contributed by atoms with Crippen molar-refractivity contribution in [3.63, 3.8) is 0 Å². The van der Waals surface area contributed by atoms with Gasteiger partial charge in [0.05, 0.1) is 6.20 Å². The standard InChI is InChI=1S/C21H23N7O/c1-3-14-10-22-21(23-11-14)26-17-7-8-28(13-17)20-18-6-5-16(25-19(29)4-2)9-15(18)12-24-27-20/h4-6,9-12,17H,2-3,7-8,13H2,1H3,(H,25,29)(H,22,23,26)/t17-/m1/s1. The number of fused-ring (bicyclic) bond motifs is 1. The summed E-state index contributed by atoms with van der Waals surface area (Å²) in [6.45, 7) is 7.22. The largest absolute Gasteiger partial charge is 0.352 e. The Balaban J connectivity index is 1.49. The molecule has 29 heavy (non-hydrogen) atoms. The van der Waals surface area contributed by atoms with Crippen LogP contribution in [0.1, 0.15) is 18.9 Å². The third-order valence-corrected chi connectivity index (χ3v) is 5.03. The molecule has 1 aromatic carbocycles. The normalized spacial score (nSPS) is 16.0. The molecule has 0 saturated carbocycles. The molecule has 0 spiro atoms. The zero-order chi connectivity index (χ0) is 20.2. The Labute approximate surface area is 169 Å². The number of hydrogen-bond acceptors (Lipinski definition) is 7. The van der Waals surface area contributed by atoms with Crippen molar-refractivity contribution < 1.29 is 4.79 Å². The number of nitrogens with one attached hydrogen (secondary N) is 2. The van der Waals surface area contributed by atoms with E-state index < -0.39 is 0 Å². The molecular formula is C21H23N7O. The molecule has 1 amide bonds. The molecule has 1 aliphatic rings. The molecular weight excluding hydrogens is 366 g/mol. The van der Waals surface area contributed by atoms with Gasteiger partial charge in [-0.05, 0) is 42.7 Å². The minimum absolute atomic E-state index is 0.241. The van der Waals surface area contributed by atoms with E-state index in [2.05, 4.69) is 49.2 Å². The molecule has 0 aliphatic carbocycles. The molecule has 148 valence electrons. The molecule has 1 saturated heterocycles. The predicted octanol–water partition coefficient (Wildman–Crippen LogP) is 2.80. The van der Waals surface area contributed by atoms with Gasteiger partial charge in [0.25, 0.3) is 0 Å². The van der Waals surface area contributed by atoms with Crippen LogP contribution in [0, 0.1) is 0 Å². The first kappa shape index (κ1) is 18.8. The lowest BCUT2D eigenvalue weighted by atomic mass is 10.1. The van der Waals surface area contributed by atoms with Gasteiger partial charge < -0.3 is 15.5 Å². The number of hydrogen-bond donors (Lipinski definition) is 2. The van der Waals surface area contributed by atoms with Crippen molar-refractivity contribution in [3.8, 4) is 0 Å². The number of benzene rings is 1. The summed E-state index contributed by atoms with van der Waals surface area (Å²) >= 11 is 0. The highest BCUT2D eigenvalue weighted by Gasteiger charge is 2.25. The van der Waals surface area contributed by atoms with E-state index in [0.29, 0.717) is 11.6 Å². The minimum Gasteiger partial charge on any atom is -0.352 e. The topological polar surface area (TPSA) is 95.9 Å². The maximum atomic E-state index is 11.5. The molecule has 0 bridgehead atoms. The Hall–Kier alpha value is -3.55. The van der Waals surface area contributed by atoms with Crippen molar-refractivity contribution in [3.05, 3.63) is 55.0 Å². The molecule has 0 unspecified atom stereocenters. The van der Waals surface area contributed by atoms with Crippen LogP contribution in [0.2, 0.25) is 0 Å². The Morgan fingerprint density at radius 3 is 2.90 bits per heavy atom. The molecule has 1 atom stereocenters. The fraction of sp³-hybridized carbons (Fsp3) is 0.286. The summed E-state index contributed by atoms with van der Waals surface area (Å²) in [4.78, 5) is 22.5. The van der Waals surface area contributed by atoms with Crippen molar-refractivity contribution in [1.82, 2.24) is 20.2 Å². The van der Waals surface area contributed by atoms with Gasteiger partial charge in [0.2, 0.25) is 11.9 Å². The van der Waals surface area contributed by atoms with Gasteiger partial charge in [0, 0.05) is 48.0 Å². The van der Waals surface area contributed by atoms with E-state index >= 15 is 0 Å². The van der Waals surface area contributed by atoms with Gasteiger partial charge in [-0.1, -0.05) is 13.5 Å². The number of aryl methyl sites for hydroxylation is 1. The maximum Gasteiger partial charge on any atom is 0.247 e. The number of aromatic nitrogens is 4. The summed E-state index contributed by atoms with van der Waals surface area (Å²) in [5.74, 6) is 1.26. The van der Waals surface area contributed by atoms with Crippen LogP contribution in [0.4, 0.5) is 17.5 Å². The molecule has 0 radical (unpaired) electrons. The quantitative estimate of drug-likeness (QED) is 0.626. The molecule has 8 heteroatoms. The van der Waals surface area contributed by atoms with Crippen molar-refractivity contribution in [2.24, 2.45) is 0 Å². The summed E-state index contributed by atoms with van der Waals surface area (Å²) in [7, 11) is 0. The van der Waals surface area contributed by atoms with Crippen molar-refractivity contribution in [2.45, 2.75) is 25.8 Å². The van der Waals surface area contributed by atoms with Crippen molar-refractivity contribution in [1.29, 1.82) is 0 Å². The zero-order valence-electron chi connectivity index (χ0n) is 16.3. The lowest BCUT2D eigenvalue weighted by Gasteiger charge is -2.19. The number of rotatable bonds is 6. The predicted molar refractivity (Wildman–Crippen MR) is 114 cm³/mol. The van der Waals surface area contributed by atoms with Gasteiger partial charge in [-0.15, -0.1) is 5.10 Å². The maximum absolute atomic E-state index is 11.5. The number of carbonyl (C=O) groups is 1.